The first-order valence-corrected chi connectivity index (χ1v) is 4.74. The minimum absolute atomic E-state index is 0.476. The van der Waals surface area contributed by atoms with Crippen molar-refractivity contribution in [3.05, 3.63) is 0 Å². The molecule has 82 valence electrons. The van der Waals surface area contributed by atoms with Gasteiger partial charge in [-0.3, -0.25) is 0 Å². The summed E-state index contributed by atoms with van der Waals surface area (Å²) >= 11 is 0. The van der Waals surface area contributed by atoms with E-state index >= 15 is 0 Å². The summed E-state index contributed by atoms with van der Waals surface area (Å²) in [5.41, 5.74) is 5.24. The second-order valence-corrected chi connectivity index (χ2v) is 2.49. The minimum Gasteiger partial charge on any atom is -0.378 e. The largest absolute Gasteiger partial charge is 0.378 e. The first-order valence-electron chi connectivity index (χ1n) is 4.74. The smallest absolute Gasteiger partial charge is 0.107 e. The summed E-state index contributed by atoms with van der Waals surface area (Å²) in [6.45, 7) is 5.74. The highest BCUT2D eigenvalue weighted by Crippen LogP contribution is 1.80. The van der Waals surface area contributed by atoms with Gasteiger partial charge in [-0.25, -0.2) is 0 Å². The maximum Gasteiger partial charge on any atom is 0.107 e. The lowest BCUT2D eigenvalue weighted by molar-refractivity contribution is 0.0219. The average molecular weight is 201 g/mol. The van der Waals surface area contributed by atoms with Crippen LogP contribution in [0.1, 0.15) is 6.92 Å². The summed E-state index contributed by atoms with van der Waals surface area (Å²) in [4.78, 5) is 0. The number of hydrogen-bond acceptors (Lipinski definition) is 4. The van der Waals surface area contributed by atoms with Gasteiger partial charge in [-0.1, -0.05) is 5.92 Å². The van der Waals surface area contributed by atoms with E-state index in [0.717, 1.165) is 0 Å². The van der Waals surface area contributed by atoms with Crippen LogP contribution in [-0.4, -0.2) is 46.2 Å². The average Bonchev–Trinajstić information content (AvgIpc) is 2.21. The third-order valence-corrected chi connectivity index (χ3v) is 1.36. The molecule has 0 rings (SSSR count). The third-order valence-electron chi connectivity index (χ3n) is 1.36. The molecule has 0 fully saturated rings. The molecule has 0 aromatic rings. The Morgan fingerprint density at radius 2 is 1.50 bits per heavy atom. The van der Waals surface area contributed by atoms with Crippen molar-refractivity contribution in [2.75, 3.05) is 46.2 Å². The molecule has 0 atom stereocenters. The van der Waals surface area contributed by atoms with Gasteiger partial charge in [0, 0.05) is 6.54 Å². The predicted octanol–water partition coefficient (Wildman–Crippen LogP) is 0.0182. The fourth-order valence-electron chi connectivity index (χ4n) is 0.719. The van der Waals surface area contributed by atoms with Gasteiger partial charge in [0.05, 0.1) is 33.0 Å². The zero-order valence-electron chi connectivity index (χ0n) is 8.75. The Balaban J connectivity index is 2.87. The maximum absolute atomic E-state index is 5.24. The highest BCUT2D eigenvalue weighted by atomic mass is 16.5. The first-order chi connectivity index (χ1) is 6.91. The molecule has 0 saturated heterocycles. The SMILES string of the molecule is CC#CCOCCOCCOCCN. The Hall–Kier alpha value is -0.600. The molecule has 0 aliphatic rings. The topological polar surface area (TPSA) is 53.7 Å². The van der Waals surface area contributed by atoms with Crippen molar-refractivity contribution in [2.24, 2.45) is 5.73 Å². The van der Waals surface area contributed by atoms with Crippen molar-refractivity contribution in [3.8, 4) is 11.8 Å². The van der Waals surface area contributed by atoms with Crippen LogP contribution in [0.25, 0.3) is 0 Å². The van der Waals surface area contributed by atoms with Crippen LogP contribution >= 0.6 is 0 Å². The van der Waals surface area contributed by atoms with E-state index in [1.807, 2.05) is 0 Å². The van der Waals surface area contributed by atoms with E-state index in [9.17, 15) is 0 Å². The standard InChI is InChI=1S/C10H19NO3/c1-2-3-5-12-7-9-14-10-8-13-6-4-11/h4-11H2,1H3. The van der Waals surface area contributed by atoms with Gasteiger partial charge in [0.1, 0.15) is 6.61 Å². The zero-order valence-corrected chi connectivity index (χ0v) is 8.75. The molecule has 0 aliphatic carbocycles. The molecule has 0 spiro atoms. The second-order valence-electron chi connectivity index (χ2n) is 2.49. The lowest BCUT2D eigenvalue weighted by atomic mass is 10.6. The molecule has 0 saturated carbocycles. The van der Waals surface area contributed by atoms with E-state index in [1.54, 1.807) is 6.92 Å². The molecule has 0 amide bonds. The Labute approximate surface area is 85.7 Å². The van der Waals surface area contributed by atoms with Crippen molar-refractivity contribution in [2.45, 2.75) is 6.92 Å². The lowest BCUT2D eigenvalue weighted by Crippen LogP contribution is -2.13. The van der Waals surface area contributed by atoms with Gasteiger partial charge in [-0.2, -0.15) is 0 Å². The number of hydrogen-bond donors (Lipinski definition) is 1. The maximum atomic E-state index is 5.24. The molecule has 0 aromatic carbocycles. The quantitative estimate of drug-likeness (QED) is 0.422. The molecule has 2 N–H and O–H groups in total. The van der Waals surface area contributed by atoms with Gasteiger partial charge in [-0.05, 0) is 6.92 Å². The predicted molar refractivity (Wildman–Crippen MR) is 55.0 cm³/mol. The number of rotatable bonds is 9. The molecule has 0 aliphatic heterocycles. The Morgan fingerprint density at radius 1 is 0.929 bits per heavy atom. The van der Waals surface area contributed by atoms with Gasteiger partial charge in [-0.15, -0.1) is 5.92 Å². The van der Waals surface area contributed by atoms with E-state index < -0.39 is 0 Å². The summed E-state index contributed by atoms with van der Waals surface area (Å²) < 4.78 is 15.5. The Kier molecular flexibility index (Phi) is 11.9. The van der Waals surface area contributed by atoms with Gasteiger partial charge in [0.2, 0.25) is 0 Å². The van der Waals surface area contributed by atoms with Gasteiger partial charge < -0.3 is 19.9 Å². The van der Waals surface area contributed by atoms with Crippen LogP contribution in [0.4, 0.5) is 0 Å². The molecular formula is C10H19NO3. The van der Waals surface area contributed by atoms with Crippen LogP contribution < -0.4 is 5.73 Å². The first kappa shape index (κ1) is 13.4. The molecule has 0 bridgehead atoms. The summed E-state index contributed by atoms with van der Waals surface area (Å²) in [7, 11) is 0. The molecule has 14 heavy (non-hydrogen) atoms. The summed E-state index contributed by atoms with van der Waals surface area (Å²) in [5, 5.41) is 0. The van der Waals surface area contributed by atoms with Crippen LogP contribution in [0.2, 0.25) is 0 Å². The molecule has 4 heteroatoms. The van der Waals surface area contributed by atoms with Crippen molar-refractivity contribution in [1.82, 2.24) is 0 Å². The van der Waals surface area contributed by atoms with Gasteiger partial charge in [0.15, 0.2) is 0 Å². The van der Waals surface area contributed by atoms with Crippen molar-refractivity contribution in [3.63, 3.8) is 0 Å². The van der Waals surface area contributed by atoms with E-state index in [0.29, 0.717) is 46.2 Å². The van der Waals surface area contributed by atoms with E-state index in [1.165, 1.54) is 0 Å². The molecule has 0 unspecified atom stereocenters. The second kappa shape index (κ2) is 12.4. The van der Waals surface area contributed by atoms with Crippen LogP contribution in [-0.2, 0) is 14.2 Å². The summed E-state index contributed by atoms with van der Waals surface area (Å²) in [5.74, 6) is 5.55. The minimum atomic E-state index is 0.476. The summed E-state index contributed by atoms with van der Waals surface area (Å²) in [6, 6.07) is 0. The van der Waals surface area contributed by atoms with Crippen LogP contribution in [0.3, 0.4) is 0 Å². The van der Waals surface area contributed by atoms with Crippen molar-refractivity contribution >= 4 is 0 Å². The van der Waals surface area contributed by atoms with Crippen molar-refractivity contribution in [1.29, 1.82) is 0 Å². The lowest BCUT2D eigenvalue weighted by Gasteiger charge is -2.04. The van der Waals surface area contributed by atoms with E-state index in [-0.39, 0.29) is 0 Å². The molecule has 0 aromatic heterocycles. The Bertz CT molecular complexity index is 162. The van der Waals surface area contributed by atoms with E-state index in [2.05, 4.69) is 11.8 Å². The Morgan fingerprint density at radius 3 is 2.07 bits per heavy atom. The highest BCUT2D eigenvalue weighted by molar-refractivity contribution is 4.94. The number of ether oxygens (including phenoxy) is 3. The molecule has 4 nitrogen and oxygen atoms in total. The molecule has 0 heterocycles. The monoisotopic (exact) mass is 201 g/mol. The fourth-order valence-corrected chi connectivity index (χ4v) is 0.719. The normalized spacial score (nSPS) is 9.57. The molecule has 0 radical (unpaired) electrons. The van der Waals surface area contributed by atoms with Crippen LogP contribution in [0, 0.1) is 11.8 Å². The van der Waals surface area contributed by atoms with Gasteiger partial charge >= 0.3 is 0 Å². The zero-order chi connectivity index (χ0) is 10.5. The number of nitrogens with two attached hydrogens (primary N) is 1. The van der Waals surface area contributed by atoms with Crippen molar-refractivity contribution < 1.29 is 14.2 Å². The molecular weight excluding hydrogens is 182 g/mol. The van der Waals surface area contributed by atoms with E-state index in [4.69, 9.17) is 19.9 Å². The van der Waals surface area contributed by atoms with Crippen LogP contribution in [0.15, 0.2) is 0 Å². The third kappa shape index (κ3) is 11.4. The van der Waals surface area contributed by atoms with Crippen LogP contribution in [0.5, 0.6) is 0 Å². The summed E-state index contributed by atoms with van der Waals surface area (Å²) in [6.07, 6.45) is 0. The van der Waals surface area contributed by atoms with Gasteiger partial charge in [0.25, 0.3) is 0 Å². The fraction of sp³-hybridized carbons (Fsp3) is 0.800. The highest BCUT2D eigenvalue weighted by Gasteiger charge is 1.89.